The maximum Gasteiger partial charge on any atom is 0.270 e. The van der Waals surface area contributed by atoms with Gasteiger partial charge in [0.15, 0.2) is 0 Å². The number of carbonyl (C=O) groups is 1. The van der Waals surface area contributed by atoms with Gasteiger partial charge in [0.25, 0.3) is 5.69 Å². The van der Waals surface area contributed by atoms with Crippen molar-refractivity contribution in [3.63, 3.8) is 0 Å². The largest absolute Gasteiger partial charge is 0.508 e. The number of phenols is 1. The number of nitro benzene ring substituents is 1. The molecule has 42 heavy (non-hydrogen) atoms. The zero-order valence-electron chi connectivity index (χ0n) is 22.9. The molecule has 0 saturated carbocycles. The normalized spacial score (nSPS) is 12.7. The van der Waals surface area contributed by atoms with Crippen LogP contribution < -0.4 is 0 Å². The highest BCUT2D eigenvalue weighted by molar-refractivity contribution is 5.91. The average Bonchev–Trinajstić information content (AvgIpc) is 3.02. The van der Waals surface area contributed by atoms with Crippen LogP contribution in [0.15, 0.2) is 133 Å². The van der Waals surface area contributed by atoms with Crippen LogP contribution in [0.3, 0.4) is 0 Å². The maximum absolute atomic E-state index is 14.1. The molecule has 0 aliphatic rings. The number of phenolic OH excluding ortho intramolecular Hbond substituents is 1. The molecule has 6 aromatic rings. The van der Waals surface area contributed by atoms with Gasteiger partial charge < -0.3 is 5.11 Å². The number of benzene rings is 6. The molecule has 2 atom stereocenters. The Labute approximate surface area is 243 Å². The van der Waals surface area contributed by atoms with Gasteiger partial charge in [0.1, 0.15) is 11.5 Å². The molecule has 0 aliphatic carbocycles. The zero-order chi connectivity index (χ0) is 29.1. The number of aromatic hydroxyl groups is 1. The van der Waals surface area contributed by atoms with E-state index >= 15 is 0 Å². The molecule has 0 fully saturated rings. The summed E-state index contributed by atoms with van der Waals surface area (Å²) in [6.07, 6.45) is 0.512. The topological polar surface area (TPSA) is 80.4 Å². The number of nitro groups is 1. The molecule has 0 bridgehead atoms. The van der Waals surface area contributed by atoms with Crippen molar-refractivity contribution in [2.45, 2.75) is 24.7 Å². The van der Waals surface area contributed by atoms with Crippen LogP contribution in [0.5, 0.6) is 5.75 Å². The lowest BCUT2D eigenvalue weighted by molar-refractivity contribution is -0.384. The number of hydrogen-bond acceptors (Lipinski definition) is 4. The summed E-state index contributed by atoms with van der Waals surface area (Å²) in [4.78, 5) is 25.3. The van der Waals surface area contributed by atoms with Crippen molar-refractivity contribution >= 4 is 33.0 Å². The minimum atomic E-state index is -0.384. The van der Waals surface area contributed by atoms with Gasteiger partial charge in [-0.05, 0) is 62.0 Å². The van der Waals surface area contributed by atoms with Crippen molar-refractivity contribution in [2.75, 3.05) is 0 Å². The lowest BCUT2D eigenvalue weighted by Gasteiger charge is -2.23. The molecular weight excluding hydrogens is 522 g/mol. The van der Waals surface area contributed by atoms with Gasteiger partial charge in [-0.15, -0.1) is 0 Å². The number of non-ortho nitro benzene ring substituents is 1. The smallest absolute Gasteiger partial charge is 0.270 e. The second-order valence-corrected chi connectivity index (χ2v) is 10.6. The Morgan fingerprint density at radius 3 is 1.64 bits per heavy atom. The van der Waals surface area contributed by atoms with E-state index in [4.69, 9.17) is 0 Å². The van der Waals surface area contributed by atoms with Crippen LogP contribution in [-0.2, 0) is 4.79 Å². The first-order valence-corrected chi connectivity index (χ1v) is 14.0. The van der Waals surface area contributed by atoms with Gasteiger partial charge >= 0.3 is 0 Å². The van der Waals surface area contributed by atoms with E-state index in [0.29, 0.717) is 0 Å². The van der Waals surface area contributed by atoms with E-state index in [1.807, 2.05) is 103 Å². The fourth-order valence-corrected chi connectivity index (χ4v) is 6.02. The molecule has 0 spiro atoms. The molecule has 6 rings (SSSR count). The van der Waals surface area contributed by atoms with Gasteiger partial charge in [-0.1, -0.05) is 103 Å². The van der Waals surface area contributed by atoms with Crippen molar-refractivity contribution in [3.05, 3.63) is 166 Å². The number of rotatable bonds is 9. The Kier molecular flexibility index (Phi) is 7.48. The molecule has 5 heteroatoms. The highest BCUT2D eigenvalue weighted by atomic mass is 16.6. The van der Waals surface area contributed by atoms with Crippen molar-refractivity contribution in [3.8, 4) is 5.75 Å². The van der Waals surface area contributed by atoms with Crippen LogP contribution in [0.2, 0.25) is 0 Å². The average molecular weight is 552 g/mol. The van der Waals surface area contributed by atoms with Crippen molar-refractivity contribution in [2.24, 2.45) is 0 Å². The van der Waals surface area contributed by atoms with Gasteiger partial charge in [-0.3, -0.25) is 14.9 Å². The maximum atomic E-state index is 14.1. The van der Waals surface area contributed by atoms with E-state index < -0.39 is 0 Å². The Hall–Kier alpha value is -5.29. The Morgan fingerprint density at radius 2 is 1.12 bits per heavy atom. The monoisotopic (exact) mass is 551 g/mol. The SMILES string of the molecule is O=C(C[C@@H](c1ccccc1)c1cccc2ccc(O)cc12)C[C@@H](c1ccccc1)c1cccc2ccc([N+](=O)[O-])cc12. The molecule has 0 amide bonds. The summed E-state index contributed by atoms with van der Waals surface area (Å²) in [5.74, 6) is -0.230. The molecular formula is C37H29NO4. The van der Waals surface area contributed by atoms with Crippen LogP contribution >= 0.6 is 0 Å². The van der Waals surface area contributed by atoms with E-state index in [1.54, 1.807) is 24.3 Å². The van der Waals surface area contributed by atoms with E-state index in [2.05, 4.69) is 0 Å². The molecule has 0 aliphatic heterocycles. The number of Topliss-reactive ketones (excluding diaryl/α,β-unsaturated/α-hetero) is 1. The summed E-state index contributed by atoms with van der Waals surface area (Å²) in [6.45, 7) is 0. The van der Waals surface area contributed by atoms with Crippen molar-refractivity contribution in [1.29, 1.82) is 0 Å². The van der Waals surface area contributed by atoms with Gasteiger partial charge in [-0.2, -0.15) is 0 Å². The Balaban J connectivity index is 1.42. The first-order valence-electron chi connectivity index (χ1n) is 14.0. The highest BCUT2D eigenvalue weighted by Crippen LogP contribution is 2.39. The van der Waals surface area contributed by atoms with Crippen LogP contribution in [0.1, 0.15) is 46.9 Å². The number of hydrogen-bond donors (Lipinski definition) is 1. The van der Waals surface area contributed by atoms with Crippen LogP contribution in [0.4, 0.5) is 5.69 Å². The first-order chi connectivity index (χ1) is 20.5. The van der Waals surface area contributed by atoms with Crippen LogP contribution in [0, 0.1) is 10.1 Å². The summed E-state index contributed by atoms with van der Waals surface area (Å²) in [7, 11) is 0. The van der Waals surface area contributed by atoms with Gasteiger partial charge in [0.05, 0.1) is 4.92 Å². The number of carbonyl (C=O) groups excluding carboxylic acids is 1. The molecule has 0 saturated heterocycles. The van der Waals surface area contributed by atoms with Crippen molar-refractivity contribution in [1.82, 2.24) is 0 Å². The van der Waals surface area contributed by atoms with Crippen LogP contribution in [0.25, 0.3) is 21.5 Å². The van der Waals surface area contributed by atoms with E-state index in [0.717, 1.165) is 43.8 Å². The second kappa shape index (κ2) is 11.7. The summed E-state index contributed by atoms with van der Waals surface area (Å²) in [5.41, 5.74) is 3.91. The second-order valence-electron chi connectivity index (χ2n) is 10.6. The van der Waals surface area contributed by atoms with E-state index in [9.17, 15) is 20.0 Å². The predicted molar refractivity (Wildman–Crippen MR) is 167 cm³/mol. The standard InChI is InChI=1S/C37H29NO4/c39-30-20-18-28-14-8-16-33(35(28)22-30)37(26-11-5-2-6-12-26)24-31(40)23-36(25-9-3-1-4-10-25)32-15-7-13-27-17-19-29(38(41)42)21-34(27)32/h1-22,36-37,39H,23-24H2/t36-,37-/m0/s1. The summed E-state index contributed by atoms with van der Waals surface area (Å²) < 4.78 is 0. The molecule has 0 unspecified atom stereocenters. The fourth-order valence-electron chi connectivity index (χ4n) is 6.02. The molecule has 1 N–H and O–H groups in total. The highest BCUT2D eigenvalue weighted by Gasteiger charge is 2.25. The molecule has 6 aromatic carbocycles. The number of nitrogens with zero attached hydrogens (tertiary/aromatic N) is 1. The fraction of sp³-hybridized carbons (Fsp3) is 0.108. The summed E-state index contributed by atoms with van der Waals surface area (Å²) >= 11 is 0. The van der Waals surface area contributed by atoms with Gasteiger partial charge in [0.2, 0.25) is 0 Å². The Morgan fingerprint density at radius 1 is 0.619 bits per heavy atom. The lowest BCUT2D eigenvalue weighted by atomic mass is 9.80. The van der Waals surface area contributed by atoms with Crippen molar-refractivity contribution < 1.29 is 14.8 Å². The third kappa shape index (κ3) is 5.50. The minimum absolute atomic E-state index is 0.0245. The number of fused-ring (bicyclic) bond motifs is 2. The Bertz CT molecular complexity index is 1900. The quantitative estimate of drug-likeness (QED) is 0.144. The van der Waals surface area contributed by atoms with Gasteiger partial charge in [0, 0.05) is 36.8 Å². The lowest BCUT2D eigenvalue weighted by Crippen LogP contribution is -2.14. The molecule has 0 radical (unpaired) electrons. The molecule has 0 aromatic heterocycles. The first kappa shape index (κ1) is 26.9. The minimum Gasteiger partial charge on any atom is -0.508 e. The third-order valence-electron chi connectivity index (χ3n) is 8.03. The van der Waals surface area contributed by atoms with Crippen LogP contribution in [-0.4, -0.2) is 15.8 Å². The molecule has 5 nitrogen and oxygen atoms in total. The molecule has 0 heterocycles. The third-order valence-corrected chi connectivity index (χ3v) is 8.03. The van der Waals surface area contributed by atoms with E-state index in [1.165, 1.54) is 6.07 Å². The number of ketones is 1. The summed E-state index contributed by atoms with van der Waals surface area (Å²) in [5, 5.41) is 25.5. The predicted octanol–water partition coefficient (Wildman–Crippen LogP) is 8.92. The zero-order valence-corrected chi connectivity index (χ0v) is 22.9. The van der Waals surface area contributed by atoms with E-state index in [-0.39, 0.29) is 46.8 Å². The molecule has 206 valence electrons. The summed E-state index contributed by atoms with van der Waals surface area (Å²) in [6, 6.07) is 42.0. The van der Waals surface area contributed by atoms with Gasteiger partial charge in [-0.25, -0.2) is 0 Å².